The molecule has 2 aromatic rings. The topological polar surface area (TPSA) is 73.0 Å². The van der Waals surface area contributed by atoms with Crippen LogP contribution in [0.1, 0.15) is 26.5 Å². The lowest BCUT2D eigenvalue weighted by atomic mass is 10.1. The SMILES string of the molecule is CC(C)(C)NCc1ccn(-c2ccccc2[N+](=O)[O-])n1. The van der Waals surface area contributed by atoms with E-state index in [0.717, 1.165) is 5.69 Å². The number of hydrogen-bond acceptors (Lipinski definition) is 4. The van der Waals surface area contributed by atoms with Crippen LogP contribution in [0.5, 0.6) is 0 Å². The zero-order valence-electron chi connectivity index (χ0n) is 11.8. The average molecular weight is 274 g/mol. The highest BCUT2D eigenvalue weighted by atomic mass is 16.6. The van der Waals surface area contributed by atoms with Crippen molar-refractivity contribution in [2.45, 2.75) is 32.9 Å². The molecule has 0 bridgehead atoms. The van der Waals surface area contributed by atoms with Crippen LogP contribution in [0.25, 0.3) is 5.69 Å². The molecular formula is C14H18N4O2. The lowest BCUT2D eigenvalue weighted by molar-refractivity contribution is -0.384. The number of hydrogen-bond donors (Lipinski definition) is 1. The van der Waals surface area contributed by atoms with Crippen molar-refractivity contribution in [3.8, 4) is 5.69 Å². The smallest absolute Gasteiger partial charge is 0.294 e. The van der Waals surface area contributed by atoms with Crippen molar-refractivity contribution in [3.63, 3.8) is 0 Å². The summed E-state index contributed by atoms with van der Waals surface area (Å²) in [6, 6.07) is 8.43. The standard InChI is InChI=1S/C14H18N4O2/c1-14(2,3)15-10-11-8-9-17(16-11)12-6-4-5-7-13(12)18(19)20/h4-9,15H,10H2,1-3H3. The molecule has 20 heavy (non-hydrogen) atoms. The van der Waals surface area contributed by atoms with Crippen LogP contribution < -0.4 is 5.32 Å². The van der Waals surface area contributed by atoms with Gasteiger partial charge in [0.2, 0.25) is 0 Å². The molecule has 6 heteroatoms. The van der Waals surface area contributed by atoms with Crippen LogP contribution in [-0.4, -0.2) is 20.2 Å². The summed E-state index contributed by atoms with van der Waals surface area (Å²) in [4.78, 5) is 10.6. The first-order valence-corrected chi connectivity index (χ1v) is 6.40. The van der Waals surface area contributed by atoms with E-state index in [-0.39, 0.29) is 11.2 Å². The van der Waals surface area contributed by atoms with Crippen molar-refractivity contribution in [3.05, 3.63) is 52.3 Å². The molecule has 0 fully saturated rings. The minimum Gasteiger partial charge on any atom is -0.306 e. The first-order chi connectivity index (χ1) is 9.37. The van der Waals surface area contributed by atoms with Crippen LogP contribution in [0.15, 0.2) is 36.5 Å². The van der Waals surface area contributed by atoms with E-state index in [4.69, 9.17) is 0 Å². The van der Waals surface area contributed by atoms with E-state index in [1.807, 2.05) is 6.07 Å². The number of para-hydroxylation sites is 2. The van der Waals surface area contributed by atoms with Gasteiger partial charge in [0.05, 0.1) is 10.6 Å². The Morgan fingerprint density at radius 2 is 2.00 bits per heavy atom. The number of benzene rings is 1. The summed E-state index contributed by atoms with van der Waals surface area (Å²) in [6.07, 6.45) is 1.74. The maximum absolute atomic E-state index is 11.0. The van der Waals surface area contributed by atoms with Crippen LogP contribution >= 0.6 is 0 Å². The van der Waals surface area contributed by atoms with Gasteiger partial charge in [-0.25, -0.2) is 4.68 Å². The maximum Gasteiger partial charge on any atom is 0.294 e. The minimum atomic E-state index is -0.399. The minimum absolute atomic E-state index is 0.00250. The van der Waals surface area contributed by atoms with Gasteiger partial charge in [-0.05, 0) is 32.9 Å². The summed E-state index contributed by atoms with van der Waals surface area (Å²) in [7, 11) is 0. The fourth-order valence-electron chi connectivity index (χ4n) is 1.76. The van der Waals surface area contributed by atoms with Crippen molar-refractivity contribution < 1.29 is 4.92 Å². The summed E-state index contributed by atoms with van der Waals surface area (Å²) in [5.41, 5.74) is 1.37. The third kappa shape index (κ3) is 3.42. The fourth-order valence-corrected chi connectivity index (χ4v) is 1.76. The molecule has 1 aromatic carbocycles. The number of aromatic nitrogens is 2. The molecule has 0 atom stereocenters. The van der Waals surface area contributed by atoms with Crippen molar-refractivity contribution >= 4 is 5.69 Å². The molecule has 0 radical (unpaired) electrons. The van der Waals surface area contributed by atoms with Gasteiger partial charge in [0.1, 0.15) is 5.69 Å². The van der Waals surface area contributed by atoms with E-state index in [2.05, 4.69) is 31.2 Å². The van der Waals surface area contributed by atoms with E-state index in [1.54, 1.807) is 24.4 Å². The van der Waals surface area contributed by atoms with Gasteiger partial charge in [-0.15, -0.1) is 0 Å². The van der Waals surface area contributed by atoms with Crippen molar-refractivity contribution in [1.82, 2.24) is 15.1 Å². The monoisotopic (exact) mass is 274 g/mol. The van der Waals surface area contributed by atoms with Crippen LogP contribution in [0.4, 0.5) is 5.69 Å². The van der Waals surface area contributed by atoms with E-state index in [1.165, 1.54) is 10.7 Å². The number of nitro benzene ring substituents is 1. The highest BCUT2D eigenvalue weighted by Crippen LogP contribution is 2.21. The summed E-state index contributed by atoms with van der Waals surface area (Å²) in [5.74, 6) is 0. The summed E-state index contributed by atoms with van der Waals surface area (Å²) < 4.78 is 1.54. The van der Waals surface area contributed by atoms with Crippen molar-refractivity contribution in [2.24, 2.45) is 0 Å². The number of nitro groups is 1. The molecule has 2 rings (SSSR count). The quantitative estimate of drug-likeness (QED) is 0.687. The second kappa shape index (κ2) is 5.42. The van der Waals surface area contributed by atoms with Gasteiger partial charge in [-0.1, -0.05) is 12.1 Å². The van der Waals surface area contributed by atoms with Gasteiger partial charge in [-0.3, -0.25) is 10.1 Å². The van der Waals surface area contributed by atoms with Gasteiger partial charge in [-0.2, -0.15) is 5.10 Å². The predicted molar refractivity (Wildman–Crippen MR) is 76.8 cm³/mol. The second-order valence-electron chi connectivity index (χ2n) is 5.60. The molecule has 0 amide bonds. The highest BCUT2D eigenvalue weighted by Gasteiger charge is 2.15. The van der Waals surface area contributed by atoms with Crippen LogP contribution in [-0.2, 0) is 6.54 Å². The molecule has 1 aromatic heterocycles. The molecule has 0 aliphatic heterocycles. The molecule has 6 nitrogen and oxygen atoms in total. The average Bonchev–Trinajstić information content (AvgIpc) is 2.84. The van der Waals surface area contributed by atoms with Gasteiger partial charge in [0, 0.05) is 24.3 Å². The summed E-state index contributed by atoms with van der Waals surface area (Å²) in [6.45, 7) is 6.85. The van der Waals surface area contributed by atoms with E-state index in [0.29, 0.717) is 12.2 Å². The van der Waals surface area contributed by atoms with E-state index in [9.17, 15) is 10.1 Å². The molecule has 1 heterocycles. The Kier molecular flexibility index (Phi) is 3.85. The van der Waals surface area contributed by atoms with Crippen LogP contribution in [0.3, 0.4) is 0 Å². The predicted octanol–water partition coefficient (Wildman–Crippen LogP) is 2.67. The Hall–Kier alpha value is -2.21. The Morgan fingerprint density at radius 3 is 2.65 bits per heavy atom. The Bertz CT molecular complexity index is 614. The molecule has 0 aliphatic carbocycles. The Labute approximate surface area is 117 Å². The molecule has 0 aliphatic rings. The maximum atomic E-state index is 11.0. The molecule has 0 unspecified atom stereocenters. The first kappa shape index (κ1) is 14.2. The van der Waals surface area contributed by atoms with Gasteiger partial charge in [0.25, 0.3) is 5.69 Å². The van der Waals surface area contributed by atoms with Crippen molar-refractivity contribution in [2.75, 3.05) is 0 Å². The Morgan fingerprint density at radius 1 is 1.30 bits per heavy atom. The second-order valence-corrected chi connectivity index (χ2v) is 5.60. The zero-order chi connectivity index (χ0) is 14.8. The van der Waals surface area contributed by atoms with Crippen LogP contribution in [0, 0.1) is 10.1 Å². The molecular weight excluding hydrogens is 256 g/mol. The normalized spacial score (nSPS) is 11.6. The fraction of sp³-hybridized carbons (Fsp3) is 0.357. The van der Waals surface area contributed by atoms with Crippen LogP contribution in [0.2, 0.25) is 0 Å². The molecule has 1 N–H and O–H groups in total. The van der Waals surface area contributed by atoms with E-state index < -0.39 is 4.92 Å². The number of nitrogens with one attached hydrogen (secondary N) is 1. The largest absolute Gasteiger partial charge is 0.306 e. The highest BCUT2D eigenvalue weighted by molar-refractivity contribution is 5.51. The van der Waals surface area contributed by atoms with Gasteiger partial charge >= 0.3 is 0 Å². The van der Waals surface area contributed by atoms with Crippen molar-refractivity contribution in [1.29, 1.82) is 0 Å². The Balaban J connectivity index is 2.23. The third-order valence-corrected chi connectivity index (χ3v) is 2.77. The molecule has 0 saturated carbocycles. The van der Waals surface area contributed by atoms with E-state index >= 15 is 0 Å². The molecule has 0 spiro atoms. The van der Waals surface area contributed by atoms with Gasteiger partial charge < -0.3 is 5.32 Å². The first-order valence-electron chi connectivity index (χ1n) is 6.40. The lowest BCUT2D eigenvalue weighted by Gasteiger charge is -2.19. The summed E-state index contributed by atoms with van der Waals surface area (Å²) in [5, 5.41) is 18.7. The number of rotatable bonds is 4. The summed E-state index contributed by atoms with van der Waals surface area (Å²) >= 11 is 0. The zero-order valence-corrected chi connectivity index (χ0v) is 11.8. The molecule has 0 saturated heterocycles. The lowest BCUT2D eigenvalue weighted by Crippen LogP contribution is -2.35. The number of nitrogens with zero attached hydrogens (tertiary/aromatic N) is 3. The van der Waals surface area contributed by atoms with Gasteiger partial charge in [0.15, 0.2) is 0 Å². The molecule has 106 valence electrons. The third-order valence-electron chi connectivity index (χ3n) is 2.77.